The monoisotopic (exact) mass is 494 g/mol. The third kappa shape index (κ3) is 7.62. The molecule has 0 amide bonds. The summed E-state index contributed by atoms with van der Waals surface area (Å²) in [6, 6.07) is 15.1. The highest BCUT2D eigenvalue weighted by Gasteiger charge is 2.08. The molecule has 27 heavy (non-hydrogen) atoms. The molecule has 0 aromatic heterocycles. The Balaban J connectivity index is 1.96. The van der Waals surface area contributed by atoms with Crippen LogP contribution in [0.1, 0.15) is 57.6 Å². The Morgan fingerprint density at radius 3 is 2.41 bits per heavy atom. The molecule has 0 saturated carbocycles. The summed E-state index contributed by atoms with van der Waals surface area (Å²) in [5.41, 5.74) is 5.08. The number of rotatable bonds is 11. The molecule has 0 fully saturated rings. The Kier molecular flexibility index (Phi) is 9.92. The number of alkyl halides is 2. The van der Waals surface area contributed by atoms with Crippen molar-refractivity contribution in [3.8, 4) is 16.9 Å². The minimum atomic E-state index is 0.725. The molecule has 148 valence electrons. The number of benzene rings is 2. The maximum atomic E-state index is 6.08. The van der Waals surface area contributed by atoms with Gasteiger partial charge < -0.3 is 4.74 Å². The highest BCUT2D eigenvalue weighted by atomic mass is 79.9. The quantitative estimate of drug-likeness (QED) is 0.284. The van der Waals surface area contributed by atoms with Crippen LogP contribution in [0.5, 0.6) is 5.75 Å². The van der Waals surface area contributed by atoms with Crippen LogP contribution in [0, 0.1) is 11.8 Å². The lowest BCUT2D eigenvalue weighted by molar-refractivity contribution is 0.276. The summed E-state index contributed by atoms with van der Waals surface area (Å²) < 4.78 is 6.08. The van der Waals surface area contributed by atoms with Gasteiger partial charge in [-0.15, -0.1) is 0 Å². The van der Waals surface area contributed by atoms with Crippen molar-refractivity contribution in [2.75, 3.05) is 6.61 Å². The zero-order valence-electron chi connectivity index (χ0n) is 16.8. The average molecular weight is 496 g/mol. The smallest absolute Gasteiger partial charge is 0.119 e. The summed E-state index contributed by atoms with van der Waals surface area (Å²) in [5.74, 6) is 2.50. The van der Waals surface area contributed by atoms with Crippen LogP contribution in [0.4, 0.5) is 0 Å². The van der Waals surface area contributed by atoms with Crippen molar-refractivity contribution in [3.63, 3.8) is 0 Å². The van der Waals surface area contributed by atoms with Gasteiger partial charge in [0.2, 0.25) is 0 Å². The van der Waals surface area contributed by atoms with Crippen molar-refractivity contribution in [2.45, 2.75) is 57.1 Å². The summed E-state index contributed by atoms with van der Waals surface area (Å²) in [5, 5.41) is 1.72. The van der Waals surface area contributed by atoms with E-state index in [0.717, 1.165) is 41.3 Å². The van der Waals surface area contributed by atoms with Gasteiger partial charge in [-0.1, -0.05) is 102 Å². The normalized spacial score (nSPS) is 12.4. The van der Waals surface area contributed by atoms with E-state index < -0.39 is 0 Å². The molecule has 0 saturated heterocycles. The molecule has 1 atom stereocenters. The first-order valence-corrected chi connectivity index (χ1v) is 12.2. The minimum Gasteiger partial charge on any atom is -0.494 e. The second-order valence-corrected chi connectivity index (χ2v) is 8.98. The fourth-order valence-electron chi connectivity index (χ4n) is 3.24. The van der Waals surface area contributed by atoms with Crippen LogP contribution in [0.3, 0.4) is 0 Å². The van der Waals surface area contributed by atoms with E-state index in [1.165, 1.54) is 41.5 Å². The lowest BCUT2D eigenvalue weighted by Crippen LogP contribution is -2.05. The van der Waals surface area contributed by atoms with E-state index in [2.05, 4.69) is 95.1 Å². The van der Waals surface area contributed by atoms with Gasteiger partial charge in [0, 0.05) is 10.7 Å². The Hall–Kier alpha value is -0.800. The summed E-state index contributed by atoms with van der Waals surface area (Å²) in [7, 11) is 0. The Morgan fingerprint density at radius 2 is 1.70 bits per heavy atom. The molecule has 0 aliphatic heterocycles. The van der Waals surface area contributed by atoms with Gasteiger partial charge in [0.05, 0.1) is 6.61 Å². The van der Waals surface area contributed by atoms with E-state index in [9.17, 15) is 0 Å². The summed E-state index contributed by atoms with van der Waals surface area (Å²) >= 11 is 7.18. The third-order valence-corrected chi connectivity index (χ3v) is 6.23. The van der Waals surface area contributed by atoms with E-state index in [0.29, 0.717) is 0 Å². The van der Waals surface area contributed by atoms with Gasteiger partial charge in [0.15, 0.2) is 0 Å². The largest absolute Gasteiger partial charge is 0.494 e. The van der Waals surface area contributed by atoms with E-state index in [-0.39, 0.29) is 0 Å². The molecule has 0 N–H and O–H groups in total. The first-order chi connectivity index (χ1) is 13.0. The van der Waals surface area contributed by atoms with Crippen LogP contribution in [0.25, 0.3) is 11.1 Å². The first-order valence-electron chi connectivity index (χ1n) is 10.0. The molecule has 1 unspecified atom stereocenters. The summed E-state index contributed by atoms with van der Waals surface area (Å²) in [4.78, 5) is 0. The summed E-state index contributed by atoms with van der Waals surface area (Å²) in [6.45, 7) is 7.73. The third-order valence-electron chi connectivity index (χ3n) is 4.98. The van der Waals surface area contributed by atoms with Gasteiger partial charge in [-0.3, -0.25) is 0 Å². The number of hydrogen-bond donors (Lipinski definition) is 0. The van der Waals surface area contributed by atoms with Gasteiger partial charge >= 0.3 is 0 Å². The van der Waals surface area contributed by atoms with Gasteiger partial charge in [-0.25, -0.2) is 0 Å². The fraction of sp³-hybridized carbons (Fsp3) is 0.500. The van der Waals surface area contributed by atoms with E-state index >= 15 is 0 Å². The number of halogens is 2. The molecule has 0 radical (unpaired) electrons. The number of hydrogen-bond acceptors (Lipinski definition) is 1. The minimum absolute atomic E-state index is 0.725. The van der Waals surface area contributed by atoms with E-state index in [4.69, 9.17) is 4.74 Å². The zero-order valence-corrected chi connectivity index (χ0v) is 20.0. The number of ether oxygens (including phenoxy) is 1. The lowest BCUT2D eigenvalue weighted by Gasteiger charge is -2.14. The average Bonchev–Trinajstić information content (AvgIpc) is 2.67. The van der Waals surface area contributed by atoms with Crippen molar-refractivity contribution in [1.29, 1.82) is 0 Å². The second-order valence-electron chi connectivity index (χ2n) is 7.85. The van der Waals surface area contributed by atoms with Crippen molar-refractivity contribution in [1.82, 2.24) is 0 Å². The molecule has 2 rings (SSSR count). The van der Waals surface area contributed by atoms with Gasteiger partial charge in [0.25, 0.3) is 0 Å². The van der Waals surface area contributed by atoms with Crippen LogP contribution in [0.15, 0.2) is 42.5 Å². The van der Waals surface area contributed by atoms with Crippen LogP contribution in [0.2, 0.25) is 0 Å². The van der Waals surface area contributed by atoms with Crippen molar-refractivity contribution in [3.05, 3.63) is 53.6 Å². The predicted octanol–water partition coefficient (Wildman–Crippen LogP) is 8.37. The van der Waals surface area contributed by atoms with Crippen molar-refractivity contribution in [2.24, 2.45) is 11.8 Å². The van der Waals surface area contributed by atoms with Gasteiger partial charge in [-0.2, -0.15) is 0 Å². The van der Waals surface area contributed by atoms with Gasteiger partial charge in [0.1, 0.15) is 5.75 Å². The van der Waals surface area contributed by atoms with Crippen molar-refractivity contribution < 1.29 is 4.74 Å². The zero-order chi connectivity index (χ0) is 19.6. The molecule has 0 spiro atoms. The SMILES string of the molecule is CC(C)CCCC(C)CCOc1cccc(-c2cc(CBr)ccc2CBr)c1. The van der Waals surface area contributed by atoms with Gasteiger partial charge in [-0.05, 0) is 52.6 Å². The maximum absolute atomic E-state index is 6.08. The molecule has 0 bridgehead atoms. The maximum Gasteiger partial charge on any atom is 0.119 e. The van der Waals surface area contributed by atoms with E-state index in [1.54, 1.807) is 0 Å². The van der Waals surface area contributed by atoms with Crippen LogP contribution in [-0.2, 0) is 10.7 Å². The van der Waals surface area contributed by atoms with Crippen LogP contribution >= 0.6 is 31.9 Å². The Labute approximate surface area is 182 Å². The first kappa shape index (κ1) is 22.5. The molecular weight excluding hydrogens is 464 g/mol. The lowest BCUT2D eigenvalue weighted by atomic mass is 9.97. The molecule has 2 aromatic rings. The van der Waals surface area contributed by atoms with Crippen LogP contribution in [-0.4, -0.2) is 6.61 Å². The topological polar surface area (TPSA) is 9.23 Å². The Morgan fingerprint density at radius 1 is 0.889 bits per heavy atom. The molecular formula is C24H32Br2O. The fourth-order valence-corrected chi connectivity index (χ4v) is 4.08. The molecule has 3 heteroatoms. The molecule has 1 nitrogen and oxygen atoms in total. The Bertz CT molecular complexity index is 697. The van der Waals surface area contributed by atoms with Crippen LogP contribution < -0.4 is 4.74 Å². The summed E-state index contributed by atoms with van der Waals surface area (Å²) in [6.07, 6.45) is 5.08. The highest BCUT2D eigenvalue weighted by Crippen LogP contribution is 2.30. The second kappa shape index (κ2) is 11.9. The standard InChI is InChI=1S/C24H32Br2O/c1-18(2)6-4-7-19(3)12-13-27-23-9-5-8-21(15-23)24-14-20(16-25)10-11-22(24)17-26/h5,8-11,14-15,18-19H,4,6-7,12-13,16-17H2,1-3H3. The van der Waals surface area contributed by atoms with Crippen molar-refractivity contribution >= 4 is 31.9 Å². The molecule has 0 heterocycles. The highest BCUT2D eigenvalue weighted by molar-refractivity contribution is 9.08. The van der Waals surface area contributed by atoms with E-state index in [1.807, 2.05) is 0 Å². The molecule has 0 aliphatic carbocycles. The predicted molar refractivity (Wildman–Crippen MR) is 125 cm³/mol. The molecule has 2 aromatic carbocycles. The molecule has 0 aliphatic rings.